The first-order chi connectivity index (χ1) is 10.7. The van der Waals surface area contributed by atoms with Crippen LogP contribution in [0.25, 0.3) is 10.8 Å². The van der Waals surface area contributed by atoms with Crippen LogP contribution in [0.15, 0.2) is 77.8 Å². The van der Waals surface area contributed by atoms with E-state index < -0.39 is 0 Å². The Morgan fingerprint density at radius 3 is 2.32 bits per heavy atom. The Kier molecular flexibility index (Phi) is 4.10. The lowest BCUT2D eigenvalue weighted by Crippen LogP contribution is -2.04. The molecule has 0 spiro atoms. The Bertz CT molecular complexity index is 834. The molecule has 3 aromatic carbocycles. The number of hydrogen-bond acceptors (Lipinski definition) is 2. The van der Waals surface area contributed by atoms with E-state index in [-0.39, 0.29) is 5.78 Å². The van der Waals surface area contributed by atoms with Gasteiger partial charge in [-0.05, 0) is 29.8 Å². The number of hydrogen-bond donors (Lipinski definition) is 0. The van der Waals surface area contributed by atoms with Crippen LogP contribution in [-0.2, 0) is 0 Å². The van der Waals surface area contributed by atoms with Crippen LogP contribution in [0, 0.1) is 0 Å². The first kappa shape index (κ1) is 14.2. The number of carbonyl (C=O) groups excluding carboxylic acids is 1. The summed E-state index contributed by atoms with van der Waals surface area (Å²) in [6.07, 6.45) is 0.344. The minimum Gasteiger partial charge on any atom is -0.294 e. The zero-order valence-electron chi connectivity index (χ0n) is 12.5. The maximum absolute atomic E-state index is 12.2. The van der Waals surface area contributed by atoms with Crippen LogP contribution in [0.2, 0.25) is 0 Å². The quantitative estimate of drug-likeness (QED) is 0.478. The molecule has 0 aliphatic heterocycles. The lowest BCUT2D eigenvalue weighted by molar-refractivity contribution is 0.100. The molecule has 0 bridgehead atoms. The van der Waals surface area contributed by atoms with Crippen molar-refractivity contribution in [2.45, 2.75) is 13.3 Å². The molecule has 0 unspecified atom stereocenters. The van der Waals surface area contributed by atoms with Gasteiger partial charge in [-0.3, -0.25) is 9.79 Å². The molecule has 3 aromatic rings. The molecular weight excluding hydrogens is 270 g/mol. The average molecular weight is 287 g/mol. The molecule has 0 aliphatic carbocycles. The molecule has 0 saturated carbocycles. The van der Waals surface area contributed by atoms with E-state index in [9.17, 15) is 4.79 Å². The highest BCUT2D eigenvalue weighted by Crippen LogP contribution is 2.21. The van der Waals surface area contributed by atoms with Crippen LogP contribution < -0.4 is 0 Å². The Morgan fingerprint density at radius 1 is 0.864 bits per heavy atom. The summed E-state index contributed by atoms with van der Waals surface area (Å²) in [6.45, 7) is 1.90. The second-order valence-corrected chi connectivity index (χ2v) is 5.34. The molecule has 0 amide bonds. The van der Waals surface area contributed by atoms with Gasteiger partial charge in [0.1, 0.15) is 0 Å². The third kappa shape index (κ3) is 3.29. The number of fused-ring (bicyclic) bond motifs is 1. The highest BCUT2D eigenvalue weighted by molar-refractivity contribution is 6.09. The minimum absolute atomic E-state index is 0.0997. The van der Waals surface area contributed by atoms with Crippen LogP contribution in [0.5, 0.6) is 0 Å². The van der Waals surface area contributed by atoms with E-state index in [2.05, 4.69) is 23.2 Å². The van der Waals surface area contributed by atoms with Crippen molar-refractivity contribution in [1.82, 2.24) is 0 Å². The van der Waals surface area contributed by atoms with Gasteiger partial charge in [0.05, 0.1) is 5.69 Å². The summed E-state index contributed by atoms with van der Waals surface area (Å²) in [5.74, 6) is 0.0997. The number of Topliss-reactive ketones (excluding diaryl/α,β-unsaturated/α-hetero) is 1. The Labute approximate surface area is 130 Å². The van der Waals surface area contributed by atoms with E-state index in [0.29, 0.717) is 6.42 Å². The summed E-state index contributed by atoms with van der Waals surface area (Å²) in [5, 5.41) is 2.35. The number of aliphatic imine (C=N–C) groups is 1. The van der Waals surface area contributed by atoms with E-state index >= 15 is 0 Å². The maximum atomic E-state index is 12.2. The lowest BCUT2D eigenvalue weighted by atomic mass is 10.1. The molecular formula is C20H17NO. The zero-order valence-corrected chi connectivity index (χ0v) is 12.5. The van der Waals surface area contributed by atoms with E-state index in [1.165, 1.54) is 5.39 Å². The van der Waals surface area contributed by atoms with E-state index in [0.717, 1.165) is 22.3 Å². The molecule has 0 radical (unpaired) electrons. The Morgan fingerprint density at radius 2 is 1.55 bits per heavy atom. The maximum Gasteiger partial charge on any atom is 0.168 e. The third-order valence-electron chi connectivity index (χ3n) is 3.57. The standard InChI is InChI=1S/C20H17NO/c1-15(13-20(22)17-8-3-2-4-9-17)21-19-12-11-16-7-5-6-10-18(16)14-19/h2-12,14H,13H2,1H3. The summed E-state index contributed by atoms with van der Waals surface area (Å²) in [5.41, 5.74) is 2.44. The molecule has 2 heteroatoms. The van der Waals surface area contributed by atoms with E-state index in [1.807, 2.05) is 61.5 Å². The normalized spacial score (nSPS) is 11.6. The highest BCUT2D eigenvalue weighted by atomic mass is 16.1. The van der Waals surface area contributed by atoms with Crippen LogP contribution in [-0.4, -0.2) is 11.5 Å². The topological polar surface area (TPSA) is 29.4 Å². The first-order valence-corrected chi connectivity index (χ1v) is 7.33. The fraction of sp³-hybridized carbons (Fsp3) is 0.100. The molecule has 0 saturated heterocycles. The SMILES string of the molecule is CC(CC(=O)c1ccccc1)=Nc1ccc2ccccc2c1. The number of rotatable bonds is 4. The molecule has 0 heterocycles. The fourth-order valence-electron chi connectivity index (χ4n) is 2.46. The van der Waals surface area contributed by atoms with Crippen molar-refractivity contribution in [3.8, 4) is 0 Å². The van der Waals surface area contributed by atoms with Crippen molar-refractivity contribution in [2.75, 3.05) is 0 Å². The van der Waals surface area contributed by atoms with Crippen LogP contribution in [0.3, 0.4) is 0 Å². The Hall–Kier alpha value is -2.74. The van der Waals surface area contributed by atoms with Gasteiger partial charge in [-0.2, -0.15) is 0 Å². The van der Waals surface area contributed by atoms with Crippen molar-refractivity contribution >= 4 is 28.0 Å². The number of ketones is 1. The van der Waals surface area contributed by atoms with Gasteiger partial charge in [0, 0.05) is 17.7 Å². The predicted molar refractivity (Wildman–Crippen MR) is 92.1 cm³/mol. The minimum atomic E-state index is 0.0997. The van der Waals surface area contributed by atoms with Crippen molar-refractivity contribution in [1.29, 1.82) is 0 Å². The molecule has 0 aliphatic rings. The molecule has 108 valence electrons. The molecule has 0 aromatic heterocycles. The largest absolute Gasteiger partial charge is 0.294 e. The van der Waals surface area contributed by atoms with Gasteiger partial charge in [0.2, 0.25) is 0 Å². The second-order valence-electron chi connectivity index (χ2n) is 5.34. The molecule has 0 fully saturated rings. The average Bonchev–Trinajstić information content (AvgIpc) is 2.55. The molecule has 22 heavy (non-hydrogen) atoms. The molecule has 3 rings (SSSR count). The summed E-state index contributed by atoms with van der Waals surface area (Å²) in [7, 11) is 0. The highest BCUT2D eigenvalue weighted by Gasteiger charge is 2.06. The fourth-order valence-corrected chi connectivity index (χ4v) is 2.46. The predicted octanol–water partition coefficient (Wildman–Crippen LogP) is 5.21. The summed E-state index contributed by atoms with van der Waals surface area (Å²) in [6, 6.07) is 23.6. The summed E-state index contributed by atoms with van der Waals surface area (Å²) < 4.78 is 0. The molecule has 0 atom stereocenters. The lowest BCUT2D eigenvalue weighted by Gasteiger charge is -2.03. The summed E-state index contributed by atoms with van der Waals surface area (Å²) >= 11 is 0. The zero-order chi connectivity index (χ0) is 15.4. The van der Waals surface area contributed by atoms with Crippen molar-refractivity contribution in [3.05, 3.63) is 78.4 Å². The van der Waals surface area contributed by atoms with E-state index in [1.54, 1.807) is 0 Å². The van der Waals surface area contributed by atoms with Gasteiger partial charge >= 0.3 is 0 Å². The van der Waals surface area contributed by atoms with Gasteiger partial charge in [-0.1, -0.05) is 60.7 Å². The van der Waals surface area contributed by atoms with Gasteiger partial charge in [0.15, 0.2) is 5.78 Å². The van der Waals surface area contributed by atoms with E-state index in [4.69, 9.17) is 0 Å². The first-order valence-electron chi connectivity index (χ1n) is 7.33. The van der Waals surface area contributed by atoms with Crippen LogP contribution >= 0.6 is 0 Å². The molecule has 2 nitrogen and oxygen atoms in total. The monoisotopic (exact) mass is 287 g/mol. The van der Waals surface area contributed by atoms with Gasteiger partial charge < -0.3 is 0 Å². The van der Waals surface area contributed by atoms with Gasteiger partial charge in [-0.15, -0.1) is 0 Å². The summed E-state index contributed by atoms with van der Waals surface area (Å²) in [4.78, 5) is 16.7. The van der Waals surface area contributed by atoms with Crippen molar-refractivity contribution < 1.29 is 4.79 Å². The van der Waals surface area contributed by atoms with Gasteiger partial charge in [-0.25, -0.2) is 0 Å². The number of carbonyl (C=O) groups is 1. The smallest absolute Gasteiger partial charge is 0.168 e. The van der Waals surface area contributed by atoms with Crippen LogP contribution in [0.4, 0.5) is 5.69 Å². The number of benzene rings is 3. The van der Waals surface area contributed by atoms with Gasteiger partial charge in [0.25, 0.3) is 0 Å². The van der Waals surface area contributed by atoms with Crippen molar-refractivity contribution in [2.24, 2.45) is 4.99 Å². The number of nitrogens with zero attached hydrogens (tertiary/aromatic N) is 1. The molecule has 0 N–H and O–H groups in total. The van der Waals surface area contributed by atoms with Crippen molar-refractivity contribution in [3.63, 3.8) is 0 Å². The second kappa shape index (κ2) is 6.35. The third-order valence-corrected chi connectivity index (χ3v) is 3.57. The Balaban J connectivity index is 1.79. The van der Waals surface area contributed by atoms with Crippen LogP contribution in [0.1, 0.15) is 23.7 Å².